The summed E-state index contributed by atoms with van der Waals surface area (Å²) in [6.07, 6.45) is 4.69. The van der Waals surface area contributed by atoms with Crippen molar-refractivity contribution in [2.45, 2.75) is 38.1 Å². The zero-order valence-corrected chi connectivity index (χ0v) is 12.9. The Hall–Kier alpha value is -1.26. The first-order valence-corrected chi connectivity index (χ1v) is 7.95. The van der Waals surface area contributed by atoms with Crippen LogP contribution in [-0.2, 0) is 6.42 Å². The molecule has 1 aromatic rings. The molecule has 1 saturated carbocycles. The molecular formula is C16H23ClN2O2. The molecule has 0 aromatic heterocycles. The van der Waals surface area contributed by atoms with E-state index in [2.05, 4.69) is 10.6 Å². The van der Waals surface area contributed by atoms with E-state index in [-0.39, 0.29) is 18.7 Å². The van der Waals surface area contributed by atoms with Gasteiger partial charge in [-0.15, -0.1) is 0 Å². The molecule has 1 aliphatic rings. The monoisotopic (exact) mass is 310 g/mol. The van der Waals surface area contributed by atoms with Crippen molar-refractivity contribution >= 4 is 17.6 Å². The van der Waals surface area contributed by atoms with E-state index in [9.17, 15) is 4.79 Å². The van der Waals surface area contributed by atoms with Crippen LogP contribution in [0, 0.1) is 5.92 Å². The fourth-order valence-electron chi connectivity index (χ4n) is 2.70. The number of rotatable bonds is 5. The van der Waals surface area contributed by atoms with Crippen molar-refractivity contribution in [3.05, 3.63) is 34.9 Å². The molecule has 0 bridgehead atoms. The van der Waals surface area contributed by atoms with E-state index in [1.54, 1.807) is 0 Å². The van der Waals surface area contributed by atoms with Crippen LogP contribution in [0.5, 0.6) is 0 Å². The summed E-state index contributed by atoms with van der Waals surface area (Å²) in [5.74, 6) is 0.413. The van der Waals surface area contributed by atoms with Crippen molar-refractivity contribution in [2.24, 2.45) is 5.92 Å². The highest BCUT2D eigenvalue weighted by molar-refractivity contribution is 6.30. The molecular weight excluding hydrogens is 288 g/mol. The van der Waals surface area contributed by atoms with Gasteiger partial charge < -0.3 is 15.7 Å². The Bertz CT molecular complexity index is 442. The number of hydrogen-bond donors (Lipinski definition) is 3. The van der Waals surface area contributed by atoms with Gasteiger partial charge in [0.1, 0.15) is 0 Å². The van der Waals surface area contributed by atoms with Crippen LogP contribution < -0.4 is 10.6 Å². The fourth-order valence-corrected chi connectivity index (χ4v) is 2.82. The Morgan fingerprint density at radius 3 is 2.48 bits per heavy atom. The smallest absolute Gasteiger partial charge is 0.315 e. The molecule has 0 spiro atoms. The summed E-state index contributed by atoms with van der Waals surface area (Å²) in [5, 5.41) is 15.7. The molecule has 21 heavy (non-hydrogen) atoms. The molecule has 0 saturated heterocycles. The van der Waals surface area contributed by atoms with Crippen molar-refractivity contribution in [3.8, 4) is 0 Å². The zero-order valence-electron chi connectivity index (χ0n) is 12.1. The molecule has 4 nitrogen and oxygen atoms in total. The maximum atomic E-state index is 11.8. The van der Waals surface area contributed by atoms with Crippen LogP contribution in [0.2, 0.25) is 5.02 Å². The minimum atomic E-state index is -0.101. The molecule has 2 rings (SSSR count). The lowest BCUT2D eigenvalue weighted by atomic mass is 9.87. The minimum absolute atomic E-state index is 0.101. The lowest BCUT2D eigenvalue weighted by Crippen LogP contribution is -2.44. The molecule has 0 unspecified atom stereocenters. The lowest BCUT2D eigenvalue weighted by molar-refractivity contribution is 0.174. The predicted molar refractivity (Wildman–Crippen MR) is 84.5 cm³/mol. The van der Waals surface area contributed by atoms with E-state index in [1.807, 2.05) is 24.3 Å². The summed E-state index contributed by atoms with van der Waals surface area (Å²) in [7, 11) is 0. The number of halogens is 1. The summed E-state index contributed by atoms with van der Waals surface area (Å²) in [6, 6.07) is 7.79. The summed E-state index contributed by atoms with van der Waals surface area (Å²) in [5.41, 5.74) is 1.16. The average molecular weight is 311 g/mol. The number of urea groups is 1. The third kappa shape index (κ3) is 5.56. The largest absolute Gasteiger partial charge is 0.396 e. The van der Waals surface area contributed by atoms with Gasteiger partial charge in [0.2, 0.25) is 0 Å². The number of carbonyl (C=O) groups excluding carboxylic acids is 1. The summed E-state index contributed by atoms with van der Waals surface area (Å²) in [6.45, 7) is 0.874. The van der Waals surface area contributed by atoms with Gasteiger partial charge in [-0.1, -0.05) is 23.7 Å². The quantitative estimate of drug-likeness (QED) is 0.783. The first-order valence-electron chi connectivity index (χ1n) is 7.57. The van der Waals surface area contributed by atoms with E-state index >= 15 is 0 Å². The molecule has 1 aromatic carbocycles. The molecule has 116 valence electrons. The average Bonchev–Trinajstić information content (AvgIpc) is 2.50. The fraction of sp³-hybridized carbons (Fsp3) is 0.562. The van der Waals surface area contributed by atoms with Crippen molar-refractivity contribution in [1.82, 2.24) is 10.6 Å². The normalized spacial score (nSPS) is 21.8. The van der Waals surface area contributed by atoms with Crippen LogP contribution in [0.3, 0.4) is 0 Å². The summed E-state index contributed by atoms with van der Waals surface area (Å²) in [4.78, 5) is 11.8. The topological polar surface area (TPSA) is 61.4 Å². The lowest BCUT2D eigenvalue weighted by Gasteiger charge is -2.27. The van der Waals surface area contributed by atoms with Gasteiger partial charge in [0.25, 0.3) is 0 Å². The highest BCUT2D eigenvalue weighted by Gasteiger charge is 2.21. The second-order valence-electron chi connectivity index (χ2n) is 5.68. The summed E-state index contributed by atoms with van der Waals surface area (Å²) >= 11 is 5.83. The second-order valence-corrected chi connectivity index (χ2v) is 6.11. The molecule has 0 aliphatic heterocycles. The van der Waals surface area contributed by atoms with Gasteiger partial charge in [0.05, 0.1) is 0 Å². The number of nitrogens with one attached hydrogen (secondary N) is 2. The molecule has 0 atom stereocenters. The molecule has 1 fully saturated rings. The number of carbonyl (C=O) groups is 1. The maximum absolute atomic E-state index is 11.8. The standard InChI is InChI=1S/C16H23ClN2O2/c17-14-5-1-12(2-6-14)9-10-18-16(21)19-15-7-3-13(11-20)4-8-15/h1-2,5-6,13,15,20H,3-4,7-11H2,(H2,18,19,21). The highest BCUT2D eigenvalue weighted by atomic mass is 35.5. The Morgan fingerprint density at radius 2 is 1.86 bits per heavy atom. The Kier molecular flexibility index (Phi) is 6.33. The third-order valence-corrected chi connectivity index (χ3v) is 4.30. The zero-order chi connectivity index (χ0) is 15.1. The van der Waals surface area contributed by atoms with Crippen LogP contribution in [-0.4, -0.2) is 30.3 Å². The number of amides is 2. The van der Waals surface area contributed by atoms with E-state index in [0.29, 0.717) is 12.5 Å². The van der Waals surface area contributed by atoms with Crippen molar-refractivity contribution in [1.29, 1.82) is 0 Å². The van der Waals surface area contributed by atoms with Crippen LogP contribution in [0.1, 0.15) is 31.2 Å². The van der Waals surface area contributed by atoms with Crippen molar-refractivity contribution < 1.29 is 9.90 Å². The van der Waals surface area contributed by atoms with Gasteiger partial charge in [-0.25, -0.2) is 4.79 Å². The van der Waals surface area contributed by atoms with Crippen molar-refractivity contribution in [3.63, 3.8) is 0 Å². The van der Waals surface area contributed by atoms with Gasteiger partial charge in [0, 0.05) is 24.2 Å². The van der Waals surface area contributed by atoms with Crippen LogP contribution in [0.25, 0.3) is 0 Å². The molecule has 0 heterocycles. The van der Waals surface area contributed by atoms with E-state index in [0.717, 1.165) is 42.7 Å². The minimum Gasteiger partial charge on any atom is -0.396 e. The number of aliphatic hydroxyl groups excluding tert-OH is 1. The number of benzene rings is 1. The molecule has 2 amide bonds. The van der Waals surface area contributed by atoms with Crippen LogP contribution in [0.15, 0.2) is 24.3 Å². The van der Waals surface area contributed by atoms with Crippen molar-refractivity contribution in [2.75, 3.05) is 13.2 Å². The van der Waals surface area contributed by atoms with Gasteiger partial charge in [-0.05, 0) is 55.7 Å². The molecule has 3 N–H and O–H groups in total. The third-order valence-electron chi connectivity index (χ3n) is 4.05. The van der Waals surface area contributed by atoms with Gasteiger partial charge in [-0.3, -0.25) is 0 Å². The first kappa shape index (κ1) is 16.1. The Labute approximate surface area is 130 Å². The number of aliphatic hydroxyl groups is 1. The van der Waals surface area contributed by atoms with Crippen LogP contribution >= 0.6 is 11.6 Å². The second kappa shape index (κ2) is 8.25. The van der Waals surface area contributed by atoms with E-state index < -0.39 is 0 Å². The van der Waals surface area contributed by atoms with Crippen LogP contribution in [0.4, 0.5) is 4.79 Å². The van der Waals surface area contributed by atoms with E-state index in [4.69, 9.17) is 16.7 Å². The Morgan fingerprint density at radius 1 is 1.19 bits per heavy atom. The highest BCUT2D eigenvalue weighted by Crippen LogP contribution is 2.23. The summed E-state index contributed by atoms with van der Waals surface area (Å²) < 4.78 is 0. The van der Waals surface area contributed by atoms with Gasteiger partial charge in [-0.2, -0.15) is 0 Å². The molecule has 5 heteroatoms. The van der Waals surface area contributed by atoms with Gasteiger partial charge >= 0.3 is 6.03 Å². The Balaban J connectivity index is 1.62. The first-order chi connectivity index (χ1) is 10.2. The predicted octanol–water partition coefficient (Wildman–Crippen LogP) is 2.73. The van der Waals surface area contributed by atoms with Gasteiger partial charge in [0.15, 0.2) is 0 Å². The van der Waals surface area contributed by atoms with E-state index in [1.165, 1.54) is 0 Å². The SMILES string of the molecule is O=C(NCCc1ccc(Cl)cc1)NC1CCC(CO)CC1. The maximum Gasteiger partial charge on any atom is 0.315 e. The molecule has 1 aliphatic carbocycles. The molecule has 0 radical (unpaired) electrons. The number of hydrogen-bond acceptors (Lipinski definition) is 2.